The van der Waals surface area contributed by atoms with Gasteiger partial charge in [-0.05, 0) is 97.1 Å². The van der Waals surface area contributed by atoms with Gasteiger partial charge in [0.2, 0.25) is 0 Å². The second-order valence-corrected chi connectivity index (χ2v) is 15.6. The highest BCUT2D eigenvalue weighted by Gasteiger charge is 2.53. The van der Waals surface area contributed by atoms with Gasteiger partial charge in [-0.1, -0.05) is 166 Å². The Bertz CT molecular complexity index is 2770. The molecule has 2 heteroatoms. The molecule has 3 aliphatic carbocycles. The van der Waals surface area contributed by atoms with Crippen molar-refractivity contribution in [2.45, 2.75) is 24.7 Å². The van der Waals surface area contributed by atoms with Crippen LogP contribution in [0.1, 0.15) is 52.8 Å². The largest absolute Gasteiger partial charge is 0.487 e. The van der Waals surface area contributed by atoms with Crippen LogP contribution in [-0.4, -0.2) is 6.61 Å². The summed E-state index contributed by atoms with van der Waals surface area (Å²) in [5, 5.41) is 0. The molecule has 2 nitrogen and oxygen atoms in total. The fourth-order valence-electron chi connectivity index (χ4n) is 10.2. The van der Waals surface area contributed by atoms with Crippen LogP contribution in [0.3, 0.4) is 0 Å². The van der Waals surface area contributed by atoms with Crippen molar-refractivity contribution < 1.29 is 4.74 Å². The van der Waals surface area contributed by atoms with Gasteiger partial charge in [-0.25, -0.2) is 0 Å². The first-order valence-electron chi connectivity index (χ1n) is 19.2. The molecule has 1 spiro atoms. The zero-order valence-electron chi connectivity index (χ0n) is 31.0. The van der Waals surface area contributed by atoms with E-state index in [0.29, 0.717) is 6.61 Å². The second kappa shape index (κ2) is 11.7. The summed E-state index contributed by atoms with van der Waals surface area (Å²) < 4.78 is 6.80. The maximum absolute atomic E-state index is 6.80. The molecule has 55 heavy (non-hydrogen) atoms. The van der Waals surface area contributed by atoms with Crippen LogP contribution in [0.5, 0.6) is 5.75 Å². The molecular formula is C53H39NO. The van der Waals surface area contributed by atoms with E-state index in [9.17, 15) is 0 Å². The van der Waals surface area contributed by atoms with Gasteiger partial charge in [-0.15, -0.1) is 0 Å². The first-order chi connectivity index (χ1) is 27.0. The molecule has 0 saturated carbocycles. The van der Waals surface area contributed by atoms with Gasteiger partial charge in [0, 0.05) is 22.2 Å². The van der Waals surface area contributed by atoms with Crippen LogP contribution in [0.4, 0.5) is 17.1 Å². The van der Waals surface area contributed by atoms with E-state index < -0.39 is 5.41 Å². The third kappa shape index (κ3) is 4.25. The lowest BCUT2D eigenvalue weighted by Gasteiger charge is -2.36. The molecule has 0 unspecified atom stereocenters. The summed E-state index contributed by atoms with van der Waals surface area (Å²) in [7, 11) is 0. The predicted molar refractivity (Wildman–Crippen MR) is 228 cm³/mol. The van der Waals surface area contributed by atoms with Crippen LogP contribution in [0.2, 0.25) is 0 Å². The maximum atomic E-state index is 6.80. The Morgan fingerprint density at radius 1 is 0.509 bits per heavy atom. The normalized spacial score (nSPS) is 16.9. The Balaban J connectivity index is 1.26. The lowest BCUT2D eigenvalue weighted by molar-refractivity contribution is 0.363. The number of hydrogen-bond donors (Lipinski definition) is 0. The number of allylic oxidation sites excluding steroid dienone is 4. The highest BCUT2D eigenvalue weighted by molar-refractivity contribution is 6.00. The summed E-state index contributed by atoms with van der Waals surface area (Å²) >= 11 is 0. The summed E-state index contributed by atoms with van der Waals surface area (Å²) in [4.78, 5) is 2.48. The molecule has 0 amide bonds. The average molecular weight is 706 g/mol. The van der Waals surface area contributed by atoms with Crippen molar-refractivity contribution in [3.05, 3.63) is 221 Å². The number of benzene rings is 7. The van der Waals surface area contributed by atoms with E-state index in [4.69, 9.17) is 4.74 Å². The number of ether oxygens (including phenoxy) is 1. The first-order valence-corrected chi connectivity index (χ1v) is 19.2. The molecule has 11 rings (SSSR count). The zero-order chi connectivity index (χ0) is 36.9. The van der Waals surface area contributed by atoms with Crippen molar-refractivity contribution in [2.24, 2.45) is 0 Å². The van der Waals surface area contributed by atoms with E-state index >= 15 is 0 Å². The molecule has 0 atom stereocenters. The summed E-state index contributed by atoms with van der Waals surface area (Å²) in [5.41, 5.74) is 20.0. The van der Waals surface area contributed by atoms with Crippen molar-refractivity contribution in [1.82, 2.24) is 0 Å². The third-order valence-electron chi connectivity index (χ3n) is 12.5. The molecule has 0 saturated heterocycles. The van der Waals surface area contributed by atoms with E-state index in [1.54, 1.807) is 0 Å². The van der Waals surface area contributed by atoms with Gasteiger partial charge in [-0.3, -0.25) is 0 Å². The van der Waals surface area contributed by atoms with Crippen molar-refractivity contribution in [3.63, 3.8) is 0 Å². The predicted octanol–water partition coefficient (Wildman–Crippen LogP) is 13.3. The molecule has 4 aliphatic rings. The van der Waals surface area contributed by atoms with Crippen LogP contribution < -0.4 is 9.64 Å². The smallest absolute Gasteiger partial charge is 0.151 e. The molecule has 7 aromatic rings. The number of hydrogen-bond acceptors (Lipinski definition) is 2. The van der Waals surface area contributed by atoms with Crippen molar-refractivity contribution in [3.8, 4) is 39.1 Å². The molecule has 0 bridgehead atoms. The molecule has 7 aromatic carbocycles. The van der Waals surface area contributed by atoms with Crippen molar-refractivity contribution >= 4 is 22.6 Å². The Morgan fingerprint density at radius 2 is 1.04 bits per heavy atom. The van der Waals surface area contributed by atoms with Gasteiger partial charge in [0.1, 0.15) is 6.61 Å². The highest BCUT2D eigenvalue weighted by atomic mass is 16.5. The topological polar surface area (TPSA) is 12.5 Å². The molecule has 262 valence electrons. The molecule has 0 aromatic heterocycles. The molecule has 0 N–H and O–H groups in total. The van der Waals surface area contributed by atoms with Gasteiger partial charge in [-0.2, -0.15) is 0 Å². The average Bonchev–Trinajstić information content (AvgIpc) is 3.81. The number of nitrogens with zero attached hydrogens (tertiary/aromatic N) is 1. The monoisotopic (exact) mass is 705 g/mol. The summed E-state index contributed by atoms with van der Waals surface area (Å²) in [6.45, 7) is 9.67. The molecule has 1 aliphatic heterocycles. The second-order valence-electron chi connectivity index (χ2n) is 15.6. The number of rotatable bonds is 3. The van der Waals surface area contributed by atoms with E-state index in [1.165, 1.54) is 66.8 Å². The lowest BCUT2D eigenvalue weighted by Crippen LogP contribution is -2.28. The Kier molecular flexibility index (Phi) is 6.76. The van der Waals surface area contributed by atoms with Crippen molar-refractivity contribution in [1.29, 1.82) is 0 Å². The van der Waals surface area contributed by atoms with Crippen LogP contribution in [-0.2, 0) is 10.8 Å². The van der Waals surface area contributed by atoms with E-state index in [-0.39, 0.29) is 5.41 Å². The number of anilines is 3. The highest BCUT2D eigenvalue weighted by Crippen LogP contribution is 2.65. The quantitative estimate of drug-likeness (QED) is 0.181. The van der Waals surface area contributed by atoms with E-state index in [0.717, 1.165) is 33.9 Å². The summed E-state index contributed by atoms with van der Waals surface area (Å²) in [5.74, 6) is 0.820. The SMILES string of the molecule is C=C1/C=C\C=C/COc2c1cccc2N(c1ccc2c(c1)C(C)(C)c1ccccc1-2)c1cccc2c1C1(c3ccccc3-c3ccccc31)c1ccccc1-2. The fourth-order valence-corrected chi connectivity index (χ4v) is 10.2. The zero-order valence-corrected chi connectivity index (χ0v) is 31.0. The minimum Gasteiger partial charge on any atom is -0.487 e. The fraction of sp³-hybridized carbons (Fsp3) is 0.0943. The minimum absolute atomic E-state index is 0.170. The van der Waals surface area contributed by atoms with E-state index in [1.807, 2.05) is 12.2 Å². The van der Waals surface area contributed by atoms with Gasteiger partial charge in [0.25, 0.3) is 0 Å². The Morgan fingerprint density at radius 3 is 1.71 bits per heavy atom. The Hall–Kier alpha value is -6.64. The molecular weight excluding hydrogens is 667 g/mol. The summed E-state index contributed by atoms with van der Waals surface area (Å²) in [6, 6.07) is 56.5. The standard InChI is InChI=1S/C53H39NO/c1-34-17-5-4-14-32-55-51-36(34)22-15-29-49(51)54(35-30-31-41-37-18-6-10-24-43(37)52(2,3)47(41)33-35)48-28-16-23-42-40-21-9-13-27-46(40)53(50(42)48)44-25-11-7-19-38(44)39-20-8-12-26-45(39)53/h4-31,33H,1,32H2,2-3H3/b14-4-,17-5-. The minimum atomic E-state index is -0.531. The number of para-hydroxylation sites is 1. The van der Waals surface area contributed by atoms with Crippen LogP contribution in [0.25, 0.3) is 39.0 Å². The lowest BCUT2D eigenvalue weighted by atomic mass is 9.70. The van der Waals surface area contributed by atoms with Crippen LogP contribution >= 0.6 is 0 Å². The first kappa shape index (κ1) is 31.8. The summed E-state index contributed by atoms with van der Waals surface area (Å²) in [6.07, 6.45) is 8.22. The van der Waals surface area contributed by atoms with Gasteiger partial charge < -0.3 is 9.64 Å². The maximum Gasteiger partial charge on any atom is 0.151 e. The Labute approximate surface area is 323 Å². The third-order valence-corrected chi connectivity index (χ3v) is 12.5. The van der Waals surface area contributed by atoms with E-state index in [2.05, 4.69) is 189 Å². The molecule has 0 fully saturated rings. The van der Waals surface area contributed by atoms with Crippen molar-refractivity contribution in [2.75, 3.05) is 11.5 Å². The number of fused-ring (bicyclic) bond motifs is 14. The molecule has 0 radical (unpaired) electrons. The molecule has 1 heterocycles. The van der Waals surface area contributed by atoms with Crippen LogP contribution in [0.15, 0.2) is 183 Å². The van der Waals surface area contributed by atoms with Gasteiger partial charge >= 0.3 is 0 Å². The van der Waals surface area contributed by atoms with Gasteiger partial charge in [0.15, 0.2) is 5.75 Å². The van der Waals surface area contributed by atoms with Gasteiger partial charge in [0.05, 0.1) is 16.8 Å². The van der Waals surface area contributed by atoms with Crippen LogP contribution in [0, 0.1) is 0 Å².